The Kier molecular flexibility index (Phi) is 4.67. The Morgan fingerprint density at radius 1 is 1.43 bits per heavy atom. The minimum atomic E-state index is -0.853. The molecule has 2 amide bonds. The lowest BCUT2D eigenvalue weighted by Gasteiger charge is -2.31. The molecule has 0 saturated carbocycles. The molecule has 0 spiro atoms. The summed E-state index contributed by atoms with van der Waals surface area (Å²) >= 11 is 0. The van der Waals surface area contributed by atoms with Crippen molar-refractivity contribution in [1.82, 2.24) is 10.2 Å². The molecule has 21 heavy (non-hydrogen) atoms. The number of urea groups is 1. The number of amides is 2. The number of nitrogens with one attached hydrogen (secondary N) is 1. The fourth-order valence-electron chi connectivity index (χ4n) is 2.52. The SMILES string of the molecule is C[C@@H](NC(=O)N1CCCC(C(=O)O)C1)c1cccc(O)c1. The van der Waals surface area contributed by atoms with Gasteiger partial charge >= 0.3 is 12.0 Å². The first kappa shape index (κ1) is 15.2. The standard InChI is InChI=1S/C15H20N2O4/c1-10(11-4-2-6-13(18)8-11)16-15(21)17-7-3-5-12(9-17)14(19)20/h2,4,6,8,10,12,18H,3,5,7,9H2,1H3,(H,16,21)(H,19,20)/t10-,12?/m1/s1. The number of phenols is 1. The number of likely N-dealkylation sites (tertiary alicyclic amines) is 1. The predicted molar refractivity (Wildman–Crippen MR) is 77.0 cm³/mol. The van der Waals surface area contributed by atoms with Gasteiger partial charge in [-0.1, -0.05) is 12.1 Å². The molecule has 1 fully saturated rings. The molecule has 1 aromatic carbocycles. The first-order valence-corrected chi connectivity index (χ1v) is 7.04. The monoisotopic (exact) mass is 292 g/mol. The normalized spacial score (nSPS) is 19.9. The maximum Gasteiger partial charge on any atom is 0.317 e. The van der Waals surface area contributed by atoms with E-state index in [1.54, 1.807) is 23.1 Å². The van der Waals surface area contributed by atoms with Gasteiger partial charge in [-0.2, -0.15) is 0 Å². The third-order valence-electron chi connectivity index (χ3n) is 3.77. The number of carboxylic acid groups (broad SMARTS) is 1. The molecule has 3 N–H and O–H groups in total. The Bertz CT molecular complexity index is 532. The van der Waals surface area contributed by atoms with E-state index in [0.29, 0.717) is 19.4 Å². The Hall–Kier alpha value is -2.24. The van der Waals surface area contributed by atoms with Crippen LogP contribution < -0.4 is 5.32 Å². The second-order valence-corrected chi connectivity index (χ2v) is 5.39. The number of hydrogen-bond acceptors (Lipinski definition) is 3. The van der Waals surface area contributed by atoms with Crippen LogP contribution in [0.1, 0.15) is 31.4 Å². The lowest BCUT2D eigenvalue weighted by atomic mass is 9.98. The average molecular weight is 292 g/mol. The molecule has 0 radical (unpaired) electrons. The van der Waals surface area contributed by atoms with Crippen LogP contribution in [0.2, 0.25) is 0 Å². The second kappa shape index (κ2) is 6.47. The number of aliphatic carboxylic acids is 1. The van der Waals surface area contributed by atoms with Crippen molar-refractivity contribution in [3.8, 4) is 5.75 Å². The van der Waals surface area contributed by atoms with Gasteiger partial charge in [-0.3, -0.25) is 4.79 Å². The van der Waals surface area contributed by atoms with Crippen LogP contribution in [0.4, 0.5) is 4.79 Å². The summed E-state index contributed by atoms with van der Waals surface area (Å²) in [5, 5.41) is 21.3. The highest BCUT2D eigenvalue weighted by Crippen LogP contribution is 2.20. The van der Waals surface area contributed by atoms with E-state index in [9.17, 15) is 14.7 Å². The molecule has 1 unspecified atom stereocenters. The van der Waals surface area contributed by atoms with Crippen LogP contribution in [-0.2, 0) is 4.79 Å². The van der Waals surface area contributed by atoms with Gasteiger partial charge in [-0.15, -0.1) is 0 Å². The number of carbonyl (C=O) groups is 2. The zero-order valence-electron chi connectivity index (χ0n) is 12.0. The Balaban J connectivity index is 1.96. The fraction of sp³-hybridized carbons (Fsp3) is 0.467. The van der Waals surface area contributed by atoms with E-state index in [1.165, 1.54) is 0 Å². The van der Waals surface area contributed by atoms with Crippen molar-refractivity contribution in [2.24, 2.45) is 5.92 Å². The summed E-state index contributed by atoms with van der Waals surface area (Å²) in [6.45, 7) is 2.64. The van der Waals surface area contributed by atoms with Gasteiger partial charge in [0.05, 0.1) is 12.0 Å². The molecule has 1 saturated heterocycles. The van der Waals surface area contributed by atoms with Crippen molar-refractivity contribution in [2.75, 3.05) is 13.1 Å². The molecular weight excluding hydrogens is 272 g/mol. The Morgan fingerprint density at radius 2 is 2.19 bits per heavy atom. The molecule has 2 atom stereocenters. The molecule has 1 aromatic rings. The molecule has 0 bridgehead atoms. The predicted octanol–water partition coefficient (Wildman–Crippen LogP) is 1.96. The van der Waals surface area contributed by atoms with Crippen molar-refractivity contribution in [1.29, 1.82) is 0 Å². The summed E-state index contributed by atoms with van der Waals surface area (Å²) < 4.78 is 0. The molecule has 1 aliphatic rings. The van der Waals surface area contributed by atoms with Crippen LogP contribution in [-0.4, -0.2) is 40.2 Å². The number of aromatic hydroxyl groups is 1. The van der Waals surface area contributed by atoms with Crippen LogP contribution >= 0.6 is 0 Å². The summed E-state index contributed by atoms with van der Waals surface area (Å²) in [4.78, 5) is 24.8. The van der Waals surface area contributed by atoms with Crippen LogP contribution in [0.5, 0.6) is 5.75 Å². The summed E-state index contributed by atoms with van der Waals surface area (Å²) in [6, 6.07) is 6.18. The maximum atomic E-state index is 12.2. The Morgan fingerprint density at radius 3 is 2.86 bits per heavy atom. The van der Waals surface area contributed by atoms with Gasteiger partial charge in [0.15, 0.2) is 0 Å². The summed E-state index contributed by atoms with van der Waals surface area (Å²) in [6.07, 6.45) is 1.31. The highest BCUT2D eigenvalue weighted by atomic mass is 16.4. The average Bonchev–Trinajstić information content (AvgIpc) is 2.47. The van der Waals surface area contributed by atoms with Gasteiger partial charge in [0.1, 0.15) is 5.75 Å². The first-order valence-electron chi connectivity index (χ1n) is 7.04. The van der Waals surface area contributed by atoms with E-state index in [-0.39, 0.29) is 24.4 Å². The van der Waals surface area contributed by atoms with Crippen LogP contribution in [0.15, 0.2) is 24.3 Å². The number of carboxylic acids is 1. The van der Waals surface area contributed by atoms with Gasteiger partial charge in [-0.05, 0) is 37.5 Å². The van der Waals surface area contributed by atoms with E-state index >= 15 is 0 Å². The van der Waals surface area contributed by atoms with Crippen LogP contribution in [0.3, 0.4) is 0 Å². The van der Waals surface area contributed by atoms with Crippen molar-refractivity contribution in [3.05, 3.63) is 29.8 Å². The highest BCUT2D eigenvalue weighted by molar-refractivity contribution is 5.77. The largest absolute Gasteiger partial charge is 0.508 e. The highest BCUT2D eigenvalue weighted by Gasteiger charge is 2.28. The number of hydrogen-bond donors (Lipinski definition) is 3. The minimum absolute atomic E-state index is 0.150. The summed E-state index contributed by atoms with van der Waals surface area (Å²) in [5.74, 6) is -1.19. The molecule has 114 valence electrons. The zero-order chi connectivity index (χ0) is 15.4. The maximum absolute atomic E-state index is 12.2. The van der Waals surface area contributed by atoms with Crippen LogP contribution in [0.25, 0.3) is 0 Å². The molecule has 0 aliphatic carbocycles. The van der Waals surface area contributed by atoms with Crippen molar-refractivity contribution in [3.63, 3.8) is 0 Å². The third-order valence-corrected chi connectivity index (χ3v) is 3.77. The van der Waals surface area contributed by atoms with E-state index in [0.717, 1.165) is 5.56 Å². The van der Waals surface area contributed by atoms with Gasteiger partial charge in [0, 0.05) is 13.1 Å². The molecule has 1 heterocycles. The number of phenolic OH excluding ortho intramolecular Hbond substituents is 1. The van der Waals surface area contributed by atoms with Gasteiger partial charge < -0.3 is 20.4 Å². The topological polar surface area (TPSA) is 89.9 Å². The smallest absolute Gasteiger partial charge is 0.317 e. The number of nitrogens with zero attached hydrogens (tertiary/aromatic N) is 1. The van der Waals surface area contributed by atoms with Crippen molar-refractivity contribution in [2.45, 2.75) is 25.8 Å². The fourth-order valence-corrected chi connectivity index (χ4v) is 2.52. The third kappa shape index (κ3) is 3.87. The number of carbonyl (C=O) groups excluding carboxylic acids is 1. The first-order chi connectivity index (χ1) is 9.97. The van der Waals surface area contributed by atoms with Crippen molar-refractivity contribution < 1.29 is 19.8 Å². The van der Waals surface area contributed by atoms with E-state index in [2.05, 4.69) is 5.32 Å². The molecule has 6 heteroatoms. The number of benzene rings is 1. The van der Waals surface area contributed by atoms with E-state index in [4.69, 9.17) is 5.11 Å². The van der Waals surface area contributed by atoms with E-state index in [1.807, 2.05) is 13.0 Å². The van der Waals surface area contributed by atoms with Crippen LogP contribution in [0, 0.1) is 5.92 Å². The lowest BCUT2D eigenvalue weighted by molar-refractivity contribution is -0.143. The summed E-state index contributed by atoms with van der Waals surface area (Å²) in [7, 11) is 0. The zero-order valence-corrected chi connectivity index (χ0v) is 12.0. The molecule has 0 aromatic heterocycles. The Labute approximate surface area is 123 Å². The second-order valence-electron chi connectivity index (χ2n) is 5.39. The lowest BCUT2D eigenvalue weighted by Crippen LogP contribution is -2.47. The minimum Gasteiger partial charge on any atom is -0.508 e. The quantitative estimate of drug-likeness (QED) is 0.794. The van der Waals surface area contributed by atoms with Gasteiger partial charge in [-0.25, -0.2) is 4.79 Å². The van der Waals surface area contributed by atoms with Crippen molar-refractivity contribution >= 4 is 12.0 Å². The molecule has 2 rings (SSSR count). The molecule has 1 aliphatic heterocycles. The number of rotatable bonds is 3. The summed E-state index contributed by atoms with van der Waals surface area (Å²) in [5.41, 5.74) is 0.801. The van der Waals surface area contributed by atoms with E-state index < -0.39 is 11.9 Å². The molecule has 6 nitrogen and oxygen atoms in total. The van der Waals surface area contributed by atoms with Gasteiger partial charge in [0.2, 0.25) is 0 Å². The number of piperidine rings is 1. The molecular formula is C15H20N2O4. The van der Waals surface area contributed by atoms with Gasteiger partial charge in [0.25, 0.3) is 0 Å².